The fourth-order valence-corrected chi connectivity index (χ4v) is 4.61. The maximum atomic E-state index is 6.81. The predicted octanol–water partition coefficient (Wildman–Crippen LogP) is 8.36. The lowest BCUT2D eigenvalue weighted by Gasteiger charge is -2.40. The second-order valence-corrected chi connectivity index (χ2v) is 7.91. The molecule has 0 atom stereocenters. The van der Waals surface area contributed by atoms with E-state index in [-0.39, 0.29) is 0 Å². The minimum atomic E-state index is 0.698. The Morgan fingerprint density at radius 1 is 0.571 bits per heavy atom. The molecule has 0 aromatic heterocycles. The van der Waals surface area contributed by atoms with Gasteiger partial charge in [-0.3, -0.25) is 0 Å². The molecule has 136 valence electrons. The van der Waals surface area contributed by atoms with Crippen LogP contribution in [0.1, 0.15) is 0 Å². The van der Waals surface area contributed by atoms with E-state index in [1.54, 1.807) is 0 Å². The van der Waals surface area contributed by atoms with Crippen LogP contribution in [0, 0.1) is 0 Å². The van der Waals surface area contributed by atoms with Crippen LogP contribution in [-0.4, -0.2) is 0 Å². The van der Waals surface area contributed by atoms with Crippen LogP contribution in [0.4, 0.5) is 34.1 Å². The molecule has 0 radical (unpaired) electrons. The van der Waals surface area contributed by atoms with Crippen LogP contribution in [-0.2, 0) is 0 Å². The monoisotopic (exact) mass is 446 g/mol. The van der Waals surface area contributed by atoms with Crippen molar-refractivity contribution >= 4 is 61.7 Å². The highest BCUT2D eigenvalue weighted by Gasteiger charge is 2.32. The number of halogens is 2. The van der Waals surface area contributed by atoms with Gasteiger partial charge in [0, 0.05) is 15.8 Å². The average Bonchev–Trinajstić information content (AvgIpc) is 2.73. The molecular formula is C24H16BrClN2. The van der Waals surface area contributed by atoms with E-state index < -0.39 is 0 Å². The van der Waals surface area contributed by atoms with Gasteiger partial charge < -0.3 is 9.80 Å². The summed E-state index contributed by atoms with van der Waals surface area (Å²) in [6, 6.07) is 33.2. The Labute approximate surface area is 177 Å². The lowest BCUT2D eigenvalue weighted by atomic mass is 10.0. The third-order valence-electron chi connectivity index (χ3n) is 4.86. The van der Waals surface area contributed by atoms with Crippen LogP contribution in [0.3, 0.4) is 0 Å². The molecule has 0 saturated carbocycles. The normalized spacial score (nSPS) is 12.5. The second-order valence-electron chi connectivity index (χ2n) is 6.59. The summed E-state index contributed by atoms with van der Waals surface area (Å²) in [5, 5.41) is 0.698. The van der Waals surface area contributed by atoms with Gasteiger partial charge in [-0.15, -0.1) is 0 Å². The standard InChI is InChI=1S/C24H16BrClN2/c25-17-15-20(26)24-23(16-17)27(18-9-3-1-4-10-18)21-13-7-8-14-22(21)28(24)19-11-5-2-6-12-19/h1-16H. The molecule has 0 unspecified atom stereocenters. The van der Waals surface area contributed by atoms with Gasteiger partial charge in [-0.2, -0.15) is 0 Å². The first kappa shape index (κ1) is 17.4. The van der Waals surface area contributed by atoms with Gasteiger partial charge in [0.1, 0.15) is 0 Å². The van der Waals surface area contributed by atoms with Gasteiger partial charge in [-0.25, -0.2) is 0 Å². The van der Waals surface area contributed by atoms with E-state index in [0.29, 0.717) is 5.02 Å². The lowest BCUT2D eigenvalue weighted by Crippen LogP contribution is -2.24. The second kappa shape index (κ2) is 7.01. The van der Waals surface area contributed by atoms with E-state index in [0.717, 1.165) is 38.6 Å². The molecule has 5 rings (SSSR count). The first-order valence-electron chi connectivity index (χ1n) is 9.02. The van der Waals surface area contributed by atoms with Crippen molar-refractivity contribution in [2.45, 2.75) is 0 Å². The highest BCUT2D eigenvalue weighted by molar-refractivity contribution is 9.10. The van der Waals surface area contributed by atoms with E-state index in [4.69, 9.17) is 11.6 Å². The van der Waals surface area contributed by atoms with E-state index in [9.17, 15) is 0 Å². The summed E-state index contributed by atoms with van der Waals surface area (Å²) in [5.41, 5.74) is 6.38. The van der Waals surface area contributed by atoms with E-state index in [1.165, 1.54) is 0 Å². The fraction of sp³-hybridized carbons (Fsp3) is 0. The van der Waals surface area contributed by atoms with Gasteiger partial charge in [-0.1, -0.05) is 76.1 Å². The van der Waals surface area contributed by atoms with Gasteiger partial charge in [0.15, 0.2) is 0 Å². The van der Waals surface area contributed by atoms with Crippen molar-refractivity contribution in [1.29, 1.82) is 0 Å². The molecule has 4 heteroatoms. The van der Waals surface area contributed by atoms with Crippen LogP contribution >= 0.6 is 27.5 Å². The molecule has 0 bridgehead atoms. The Morgan fingerprint density at radius 2 is 1.07 bits per heavy atom. The first-order chi connectivity index (χ1) is 13.7. The highest BCUT2D eigenvalue weighted by Crippen LogP contribution is 2.56. The fourth-order valence-electron chi connectivity index (χ4n) is 3.74. The molecule has 1 heterocycles. The predicted molar refractivity (Wildman–Crippen MR) is 122 cm³/mol. The van der Waals surface area contributed by atoms with Crippen molar-refractivity contribution in [3.63, 3.8) is 0 Å². The maximum Gasteiger partial charge on any atom is 0.0892 e. The minimum Gasteiger partial charge on any atom is -0.306 e. The molecule has 1 aliphatic heterocycles. The Kier molecular flexibility index (Phi) is 4.34. The van der Waals surface area contributed by atoms with Gasteiger partial charge in [0.25, 0.3) is 0 Å². The third-order valence-corrected chi connectivity index (χ3v) is 5.61. The SMILES string of the molecule is Clc1cc(Br)cc2c1N(c1ccccc1)c1ccccc1N2c1ccccc1. The number of fused-ring (bicyclic) bond motifs is 2. The molecule has 0 N–H and O–H groups in total. The first-order valence-corrected chi connectivity index (χ1v) is 10.2. The van der Waals surface area contributed by atoms with E-state index in [1.807, 2.05) is 30.3 Å². The summed E-state index contributed by atoms with van der Waals surface area (Å²) < 4.78 is 0.949. The van der Waals surface area contributed by atoms with Crippen molar-refractivity contribution in [2.75, 3.05) is 9.80 Å². The maximum absolute atomic E-state index is 6.81. The Hall–Kier alpha value is -2.75. The summed E-state index contributed by atoms with van der Waals surface area (Å²) in [6.45, 7) is 0. The number of rotatable bonds is 2. The van der Waals surface area contributed by atoms with Crippen LogP contribution < -0.4 is 9.80 Å². The molecule has 0 saturated heterocycles. The number of anilines is 6. The summed E-state index contributed by atoms with van der Waals surface area (Å²) in [4.78, 5) is 4.50. The number of hydrogen-bond acceptors (Lipinski definition) is 2. The van der Waals surface area contributed by atoms with Crippen molar-refractivity contribution in [3.8, 4) is 0 Å². The van der Waals surface area contributed by atoms with Crippen molar-refractivity contribution in [3.05, 3.63) is 107 Å². The number of para-hydroxylation sites is 4. The summed E-state index contributed by atoms with van der Waals surface area (Å²) in [6.07, 6.45) is 0. The smallest absolute Gasteiger partial charge is 0.0892 e. The molecule has 0 amide bonds. The molecule has 2 nitrogen and oxygen atoms in total. The minimum absolute atomic E-state index is 0.698. The van der Waals surface area contributed by atoms with Gasteiger partial charge in [0.05, 0.1) is 27.8 Å². The molecule has 0 aliphatic carbocycles. The summed E-state index contributed by atoms with van der Waals surface area (Å²) in [5.74, 6) is 0. The molecular weight excluding hydrogens is 432 g/mol. The summed E-state index contributed by atoms with van der Waals surface area (Å²) >= 11 is 10.4. The highest BCUT2D eigenvalue weighted by atomic mass is 79.9. The number of nitrogens with zero attached hydrogens (tertiary/aromatic N) is 2. The molecule has 28 heavy (non-hydrogen) atoms. The lowest BCUT2D eigenvalue weighted by molar-refractivity contribution is 1.17. The third kappa shape index (κ3) is 2.79. The molecule has 4 aromatic carbocycles. The molecule has 4 aromatic rings. The van der Waals surface area contributed by atoms with E-state index in [2.05, 4.69) is 92.5 Å². The number of benzene rings is 4. The van der Waals surface area contributed by atoms with Crippen LogP contribution in [0.2, 0.25) is 5.02 Å². The van der Waals surface area contributed by atoms with Crippen LogP contribution in [0.25, 0.3) is 0 Å². The Bertz CT molecular complexity index is 1150. The van der Waals surface area contributed by atoms with Crippen LogP contribution in [0.5, 0.6) is 0 Å². The summed E-state index contributed by atoms with van der Waals surface area (Å²) in [7, 11) is 0. The van der Waals surface area contributed by atoms with Crippen LogP contribution in [0.15, 0.2) is 102 Å². The van der Waals surface area contributed by atoms with Crippen molar-refractivity contribution < 1.29 is 0 Å². The van der Waals surface area contributed by atoms with Gasteiger partial charge in [-0.05, 0) is 48.5 Å². The largest absolute Gasteiger partial charge is 0.306 e. The molecule has 0 fully saturated rings. The zero-order valence-electron chi connectivity index (χ0n) is 14.9. The number of hydrogen-bond donors (Lipinski definition) is 0. The van der Waals surface area contributed by atoms with E-state index >= 15 is 0 Å². The molecule has 0 spiro atoms. The zero-order chi connectivity index (χ0) is 19.1. The molecule has 1 aliphatic rings. The van der Waals surface area contributed by atoms with Gasteiger partial charge in [0.2, 0.25) is 0 Å². The zero-order valence-corrected chi connectivity index (χ0v) is 17.2. The van der Waals surface area contributed by atoms with Crippen molar-refractivity contribution in [1.82, 2.24) is 0 Å². The quantitative estimate of drug-likeness (QED) is 0.268. The van der Waals surface area contributed by atoms with Gasteiger partial charge >= 0.3 is 0 Å². The topological polar surface area (TPSA) is 6.48 Å². The van der Waals surface area contributed by atoms with Crippen molar-refractivity contribution in [2.24, 2.45) is 0 Å². The Morgan fingerprint density at radius 3 is 1.68 bits per heavy atom. The average molecular weight is 448 g/mol. The Balaban J connectivity index is 1.86.